The lowest BCUT2D eigenvalue weighted by atomic mass is 9.82. The van der Waals surface area contributed by atoms with Gasteiger partial charge in [-0.15, -0.1) is 0 Å². The molecular formula is C38H58F2N4O4S. The molecule has 0 radical (unpaired) electrons. The second-order valence-corrected chi connectivity index (χ2v) is 17.3. The molecule has 1 aromatic carbocycles. The second kappa shape index (κ2) is 15.8. The van der Waals surface area contributed by atoms with E-state index in [2.05, 4.69) is 32.6 Å². The van der Waals surface area contributed by atoms with Crippen LogP contribution >= 0.6 is 11.8 Å². The van der Waals surface area contributed by atoms with Crippen molar-refractivity contribution < 1.29 is 28.0 Å². The van der Waals surface area contributed by atoms with Crippen molar-refractivity contribution in [3.63, 3.8) is 0 Å². The van der Waals surface area contributed by atoms with Gasteiger partial charge in [0.1, 0.15) is 17.7 Å². The summed E-state index contributed by atoms with van der Waals surface area (Å²) >= 11 is 1.14. The number of rotatable bonds is 10. The lowest BCUT2D eigenvalue weighted by molar-refractivity contribution is -0.146. The number of hydrogen-bond acceptors (Lipinski definition) is 6. The van der Waals surface area contributed by atoms with Crippen LogP contribution in [0.5, 0.6) is 0 Å². The number of thioether (sulfide) groups is 1. The Labute approximate surface area is 296 Å². The number of amides is 3. The third-order valence-electron chi connectivity index (χ3n) is 11.3. The lowest BCUT2D eigenvalue weighted by Gasteiger charge is -2.43. The van der Waals surface area contributed by atoms with Crippen molar-refractivity contribution in [3.8, 4) is 0 Å². The number of halogens is 2. The van der Waals surface area contributed by atoms with Gasteiger partial charge >= 0.3 is 0 Å². The molecule has 2 saturated heterocycles. The van der Waals surface area contributed by atoms with Crippen molar-refractivity contribution in [2.75, 3.05) is 39.0 Å². The molecule has 0 N–H and O–H groups in total. The van der Waals surface area contributed by atoms with Crippen LogP contribution in [0.1, 0.15) is 105 Å². The molecule has 2 heterocycles. The summed E-state index contributed by atoms with van der Waals surface area (Å²) in [4.78, 5) is 62.8. The SMILES string of the molecule is CCC1CCC(N(C(=O)C(C)(C)CSC(C)=O)[C@H]2C[C@@H](C(=O)N(C)CC)N(C(=O)[C@@H]3CN(C(C)(C)C)C[C@H]3c3ccc(F)cc3F)C2)CC1. The molecule has 1 aliphatic carbocycles. The van der Waals surface area contributed by atoms with Crippen LogP contribution in [0.4, 0.5) is 8.78 Å². The molecule has 4 rings (SSSR count). The fraction of sp³-hybridized carbons (Fsp3) is 0.737. The number of hydrogen-bond donors (Lipinski definition) is 0. The Morgan fingerprint density at radius 3 is 2.14 bits per heavy atom. The zero-order valence-corrected chi connectivity index (χ0v) is 31.9. The van der Waals surface area contributed by atoms with Crippen LogP contribution in [-0.4, -0.2) is 105 Å². The van der Waals surface area contributed by atoms with Crippen molar-refractivity contribution in [3.05, 3.63) is 35.4 Å². The average Bonchev–Trinajstić information content (AvgIpc) is 3.69. The van der Waals surface area contributed by atoms with Gasteiger partial charge in [0.25, 0.3) is 0 Å². The number of carbonyl (C=O) groups is 4. The van der Waals surface area contributed by atoms with Crippen LogP contribution in [0.15, 0.2) is 18.2 Å². The summed E-state index contributed by atoms with van der Waals surface area (Å²) in [6.45, 7) is 17.0. The first kappa shape index (κ1) is 39.3. The molecule has 274 valence electrons. The van der Waals surface area contributed by atoms with E-state index < -0.39 is 34.9 Å². The largest absolute Gasteiger partial charge is 0.344 e. The van der Waals surface area contributed by atoms with Gasteiger partial charge in [-0.1, -0.05) is 45.0 Å². The molecule has 3 amide bonds. The van der Waals surface area contributed by atoms with Crippen molar-refractivity contribution >= 4 is 34.6 Å². The highest BCUT2D eigenvalue weighted by molar-refractivity contribution is 8.13. The maximum Gasteiger partial charge on any atom is 0.245 e. The van der Waals surface area contributed by atoms with Crippen LogP contribution in [-0.2, 0) is 19.2 Å². The molecule has 0 bridgehead atoms. The highest BCUT2D eigenvalue weighted by Crippen LogP contribution is 2.42. The van der Waals surface area contributed by atoms with E-state index in [1.807, 2.05) is 25.7 Å². The van der Waals surface area contributed by atoms with E-state index in [0.717, 1.165) is 49.9 Å². The van der Waals surface area contributed by atoms with Gasteiger partial charge in [-0.2, -0.15) is 0 Å². The molecule has 11 heteroatoms. The van der Waals surface area contributed by atoms with Crippen LogP contribution in [0.3, 0.4) is 0 Å². The first-order valence-electron chi connectivity index (χ1n) is 18.1. The molecule has 49 heavy (non-hydrogen) atoms. The Kier molecular flexibility index (Phi) is 12.6. The van der Waals surface area contributed by atoms with Crippen molar-refractivity contribution in [1.29, 1.82) is 0 Å². The number of nitrogens with zero attached hydrogens (tertiary/aromatic N) is 4. The van der Waals surface area contributed by atoms with Crippen molar-refractivity contribution in [2.45, 2.75) is 123 Å². The lowest BCUT2D eigenvalue weighted by Crippen LogP contribution is -2.54. The Bertz CT molecular complexity index is 1380. The molecule has 0 aromatic heterocycles. The number of carbonyl (C=O) groups excluding carboxylic acids is 4. The average molecular weight is 705 g/mol. The van der Waals surface area contributed by atoms with Crippen LogP contribution in [0.2, 0.25) is 0 Å². The predicted octanol–water partition coefficient (Wildman–Crippen LogP) is 6.33. The van der Waals surface area contributed by atoms with Gasteiger partial charge in [-0.3, -0.25) is 24.1 Å². The normalized spacial score (nSPS) is 26.6. The quantitative estimate of drug-likeness (QED) is 0.283. The Balaban J connectivity index is 1.73. The van der Waals surface area contributed by atoms with E-state index in [1.165, 1.54) is 19.1 Å². The van der Waals surface area contributed by atoms with Gasteiger partial charge in [0.15, 0.2) is 5.12 Å². The first-order valence-corrected chi connectivity index (χ1v) is 19.1. The Morgan fingerprint density at radius 1 is 0.939 bits per heavy atom. The minimum atomic E-state index is -0.834. The van der Waals surface area contributed by atoms with E-state index in [9.17, 15) is 23.6 Å². The summed E-state index contributed by atoms with van der Waals surface area (Å²) in [5, 5.41) is -0.0465. The standard InChI is InChI=1S/C38H58F2N4O4S/c1-10-25-12-15-27(16-13-25)44(36(48)38(7,8)23-49-24(3)45)28-19-33(35(47)41(9)11-2)43(20-28)34(46)31-22-42(37(4,5)6)21-30(31)29-17-14-26(39)18-32(29)40/h14,17-18,25,27-28,30-31,33H,10-13,15-16,19-23H2,1-9H3/t25?,27?,28-,30-,31+,33-/m0/s1. The fourth-order valence-electron chi connectivity index (χ4n) is 7.99. The Morgan fingerprint density at radius 2 is 1.59 bits per heavy atom. The monoisotopic (exact) mass is 704 g/mol. The minimum absolute atomic E-state index is 0.0273. The van der Waals surface area contributed by atoms with Crippen LogP contribution in [0.25, 0.3) is 0 Å². The summed E-state index contributed by atoms with van der Waals surface area (Å²) in [5.74, 6) is -2.06. The van der Waals surface area contributed by atoms with Gasteiger partial charge in [0.05, 0.1) is 17.4 Å². The van der Waals surface area contributed by atoms with E-state index in [4.69, 9.17) is 0 Å². The molecule has 3 aliphatic rings. The molecule has 1 saturated carbocycles. The highest BCUT2D eigenvalue weighted by atomic mass is 32.2. The molecular weight excluding hydrogens is 647 g/mol. The van der Waals surface area contributed by atoms with Gasteiger partial charge in [-0.05, 0) is 77.3 Å². The zero-order chi connectivity index (χ0) is 36.4. The van der Waals surface area contributed by atoms with E-state index in [-0.39, 0.29) is 47.0 Å². The molecule has 4 atom stereocenters. The molecule has 0 spiro atoms. The van der Waals surface area contributed by atoms with Gasteiger partial charge in [0.2, 0.25) is 17.7 Å². The molecule has 8 nitrogen and oxygen atoms in total. The summed E-state index contributed by atoms with van der Waals surface area (Å²) in [7, 11) is 1.73. The fourth-order valence-corrected chi connectivity index (χ4v) is 8.68. The van der Waals surface area contributed by atoms with Crippen LogP contribution in [0, 0.1) is 28.9 Å². The molecule has 0 unspecified atom stereocenters. The molecule has 2 aliphatic heterocycles. The van der Waals surface area contributed by atoms with E-state index in [0.29, 0.717) is 43.3 Å². The molecule has 1 aromatic rings. The highest BCUT2D eigenvalue weighted by Gasteiger charge is 2.52. The third-order valence-corrected chi connectivity index (χ3v) is 12.5. The maximum atomic E-state index is 15.3. The van der Waals surface area contributed by atoms with Gasteiger partial charge in [-0.25, -0.2) is 8.78 Å². The minimum Gasteiger partial charge on any atom is -0.344 e. The number of benzene rings is 1. The number of likely N-dealkylation sites (tertiary alicyclic amines) is 2. The zero-order valence-electron chi connectivity index (χ0n) is 31.1. The van der Waals surface area contributed by atoms with E-state index >= 15 is 4.39 Å². The smallest absolute Gasteiger partial charge is 0.245 e. The number of likely N-dealkylation sites (N-methyl/N-ethyl adjacent to an activating group) is 1. The predicted molar refractivity (Wildman–Crippen MR) is 191 cm³/mol. The van der Waals surface area contributed by atoms with Crippen molar-refractivity contribution in [1.82, 2.24) is 19.6 Å². The second-order valence-electron chi connectivity index (χ2n) is 16.2. The van der Waals surface area contributed by atoms with E-state index in [1.54, 1.807) is 16.8 Å². The Hall–Kier alpha value is -2.53. The summed E-state index contributed by atoms with van der Waals surface area (Å²) in [5.41, 5.74) is -0.845. The summed E-state index contributed by atoms with van der Waals surface area (Å²) in [6.07, 6.45) is 5.14. The van der Waals surface area contributed by atoms with Crippen LogP contribution < -0.4 is 0 Å². The van der Waals surface area contributed by atoms with Gasteiger partial charge < -0.3 is 14.7 Å². The summed E-state index contributed by atoms with van der Waals surface area (Å²) in [6, 6.07) is 2.35. The summed E-state index contributed by atoms with van der Waals surface area (Å²) < 4.78 is 29.3. The molecule has 3 fully saturated rings. The van der Waals surface area contributed by atoms with Gasteiger partial charge in [0, 0.05) is 69.5 Å². The van der Waals surface area contributed by atoms with Crippen molar-refractivity contribution in [2.24, 2.45) is 17.3 Å². The third kappa shape index (κ3) is 8.86. The maximum absolute atomic E-state index is 15.3. The first-order chi connectivity index (χ1) is 22.9. The topological polar surface area (TPSA) is 81.2 Å².